The third-order valence-electron chi connectivity index (χ3n) is 6.28. The first-order chi connectivity index (χ1) is 18.0. The molecular weight excluding hydrogens is 581 g/mol. The molecule has 0 saturated heterocycles. The molecule has 1 aliphatic carbocycles. The van der Waals surface area contributed by atoms with Crippen LogP contribution in [0.15, 0.2) is 72.3 Å². The molecule has 10 nitrogen and oxygen atoms in total. The smallest absolute Gasteiger partial charge is 0.337 e. The lowest BCUT2D eigenvalue weighted by Crippen LogP contribution is -2.41. The molecule has 2 aromatic heterocycles. The lowest BCUT2D eigenvalue weighted by Gasteiger charge is -2.19. The lowest BCUT2D eigenvalue weighted by molar-refractivity contribution is 0.583. The summed E-state index contributed by atoms with van der Waals surface area (Å²) in [4.78, 5) is 40.4. The van der Waals surface area contributed by atoms with Crippen LogP contribution in [0.4, 0.5) is 15.8 Å². The third-order valence-corrected chi connectivity index (χ3v) is 8.32. The molecule has 2 aromatic carbocycles. The van der Waals surface area contributed by atoms with Crippen molar-refractivity contribution in [3.8, 4) is 5.69 Å². The summed E-state index contributed by atoms with van der Waals surface area (Å²) < 4.78 is 46.4. The maximum absolute atomic E-state index is 14.7. The van der Waals surface area contributed by atoms with Gasteiger partial charge in [0.1, 0.15) is 16.9 Å². The van der Waals surface area contributed by atoms with Crippen LogP contribution in [0, 0.1) is 5.82 Å². The fraction of sp³-hybridized carbons (Fsp3) is 0.240. The van der Waals surface area contributed by atoms with Crippen LogP contribution >= 0.6 is 15.9 Å². The van der Waals surface area contributed by atoms with Crippen LogP contribution in [0.2, 0.25) is 0 Å². The summed E-state index contributed by atoms with van der Waals surface area (Å²) in [6.45, 7) is 1.81. The minimum atomic E-state index is -3.86. The lowest BCUT2D eigenvalue weighted by atomic mass is 10.2. The molecule has 198 valence electrons. The molecule has 4 aromatic rings. The van der Waals surface area contributed by atoms with Crippen LogP contribution in [0.1, 0.15) is 25.8 Å². The second kappa shape index (κ2) is 9.64. The fourth-order valence-electron chi connectivity index (χ4n) is 4.35. The molecule has 2 heterocycles. The third kappa shape index (κ3) is 4.50. The number of benzene rings is 2. The van der Waals surface area contributed by atoms with Crippen molar-refractivity contribution in [3.63, 3.8) is 0 Å². The number of aryl methyl sites for hydroxylation is 1. The van der Waals surface area contributed by atoms with Crippen LogP contribution in [0.5, 0.6) is 0 Å². The Morgan fingerprint density at radius 3 is 2.45 bits per heavy atom. The summed E-state index contributed by atoms with van der Waals surface area (Å²) in [5.74, 6) is -0.620. The Kier molecular flexibility index (Phi) is 6.61. The topological polar surface area (TPSA) is 124 Å². The van der Waals surface area contributed by atoms with Gasteiger partial charge in [0.15, 0.2) is 0 Å². The van der Waals surface area contributed by atoms with Gasteiger partial charge < -0.3 is 5.32 Å². The van der Waals surface area contributed by atoms with E-state index in [1.165, 1.54) is 49.5 Å². The van der Waals surface area contributed by atoms with Crippen molar-refractivity contribution in [1.82, 2.24) is 18.4 Å². The number of aromatic nitrogens is 3. The first-order valence-electron chi connectivity index (χ1n) is 11.8. The number of sulfonamides is 1. The molecule has 0 amide bonds. The second-order valence-electron chi connectivity index (χ2n) is 8.93. The van der Waals surface area contributed by atoms with Crippen LogP contribution in [0.25, 0.3) is 16.7 Å². The van der Waals surface area contributed by atoms with Gasteiger partial charge in [-0.3, -0.25) is 18.7 Å². The summed E-state index contributed by atoms with van der Waals surface area (Å²) in [5.41, 5.74) is -1.75. The normalized spacial score (nSPS) is 13.7. The molecule has 38 heavy (non-hydrogen) atoms. The Bertz CT molecular complexity index is 1890. The first-order valence-corrected chi connectivity index (χ1v) is 14.0. The Labute approximate surface area is 224 Å². The van der Waals surface area contributed by atoms with Crippen molar-refractivity contribution < 1.29 is 12.8 Å². The number of hydrogen-bond acceptors (Lipinski definition) is 6. The number of nitrogens with one attached hydrogen (secondary N) is 2. The Hall–Kier alpha value is -3.55. The molecule has 0 radical (unpaired) electrons. The van der Waals surface area contributed by atoms with Gasteiger partial charge in [0.25, 0.3) is 11.1 Å². The molecule has 5 rings (SSSR count). The standard InChI is InChI=1S/C25H23BrFN5O5S/c1-3-28-38(36,37)17-6-4-5-16(12-17)31-23-22(24(34)32(25(31)35)15-8-9-15)20(13-21(33)30(23)2)29-19-10-7-14(26)11-18(19)27/h4-7,10-13,15,28-29H,3,8-9H2,1-2H3. The SMILES string of the molecule is CCNS(=O)(=O)c1cccc(-n2c(=O)n(C3CC3)c(=O)c3c(Nc4ccc(Br)cc4F)cc(=O)n(C)c32)c1. The number of halogens is 2. The Morgan fingerprint density at radius 1 is 1.05 bits per heavy atom. The zero-order valence-corrected chi connectivity index (χ0v) is 22.8. The van der Waals surface area contributed by atoms with Gasteiger partial charge in [0, 0.05) is 30.2 Å². The minimum Gasteiger partial charge on any atom is -0.352 e. The van der Waals surface area contributed by atoms with Gasteiger partial charge in [0.05, 0.1) is 22.0 Å². The van der Waals surface area contributed by atoms with Crippen LogP contribution in [-0.2, 0) is 17.1 Å². The highest BCUT2D eigenvalue weighted by Gasteiger charge is 2.31. The van der Waals surface area contributed by atoms with E-state index >= 15 is 0 Å². The van der Waals surface area contributed by atoms with Gasteiger partial charge in [-0.2, -0.15) is 0 Å². The molecule has 2 N–H and O–H groups in total. The highest BCUT2D eigenvalue weighted by Crippen LogP contribution is 2.34. The average molecular weight is 604 g/mol. The molecule has 1 saturated carbocycles. The van der Waals surface area contributed by atoms with Crippen molar-refractivity contribution in [3.05, 3.63) is 90.0 Å². The zero-order valence-electron chi connectivity index (χ0n) is 20.4. The van der Waals surface area contributed by atoms with Gasteiger partial charge in [-0.15, -0.1) is 0 Å². The van der Waals surface area contributed by atoms with Crippen LogP contribution < -0.4 is 26.8 Å². The molecule has 0 aliphatic heterocycles. The first kappa shape index (κ1) is 26.1. The van der Waals surface area contributed by atoms with Gasteiger partial charge in [-0.25, -0.2) is 26.9 Å². The van der Waals surface area contributed by atoms with E-state index in [2.05, 4.69) is 26.0 Å². The molecule has 0 bridgehead atoms. The van der Waals surface area contributed by atoms with E-state index in [1.54, 1.807) is 13.0 Å². The summed E-state index contributed by atoms with van der Waals surface area (Å²) in [7, 11) is -2.46. The zero-order chi connectivity index (χ0) is 27.4. The van der Waals surface area contributed by atoms with Crippen molar-refractivity contribution >= 4 is 48.4 Å². The maximum atomic E-state index is 14.7. The monoisotopic (exact) mass is 603 g/mol. The van der Waals surface area contributed by atoms with Crippen LogP contribution in [0.3, 0.4) is 0 Å². The number of pyridine rings is 1. The van der Waals surface area contributed by atoms with E-state index in [1.807, 2.05) is 0 Å². The van der Waals surface area contributed by atoms with Crippen molar-refractivity contribution in [2.24, 2.45) is 7.05 Å². The number of nitrogens with zero attached hydrogens (tertiary/aromatic N) is 3. The van der Waals surface area contributed by atoms with Gasteiger partial charge >= 0.3 is 5.69 Å². The van der Waals surface area contributed by atoms with E-state index in [9.17, 15) is 27.2 Å². The summed E-state index contributed by atoms with van der Waals surface area (Å²) in [6, 6.07) is 10.8. The largest absolute Gasteiger partial charge is 0.352 e. The predicted octanol–water partition coefficient (Wildman–Crippen LogP) is 3.13. The van der Waals surface area contributed by atoms with Gasteiger partial charge in [0.2, 0.25) is 10.0 Å². The Balaban J connectivity index is 1.87. The molecule has 0 unspecified atom stereocenters. The number of fused-ring (bicyclic) bond motifs is 1. The van der Waals surface area contributed by atoms with Crippen molar-refractivity contribution in [2.45, 2.75) is 30.7 Å². The highest BCUT2D eigenvalue weighted by atomic mass is 79.9. The molecule has 0 spiro atoms. The summed E-state index contributed by atoms with van der Waals surface area (Å²) in [6.07, 6.45) is 1.23. The molecule has 1 aliphatic rings. The quantitative estimate of drug-likeness (QED) is 0.334. The minimum absolute atomic E-state index is 0.0131. The van der Waals surface area contributed by atoms with E-state index < -0.39 is 32.6 Å². The summed E-state index contributed by atoms with van der Waals surface area (Å²) >= 11 is 3.20. The molecular formula is C25H23BrFN5O5S. The molecule has 1 fully saturated rings. The van der Waals surface area contributed by atoms with E-state index in [0.29, 0.717) is 17.3 Å². The van der Waals surface area contributed by atoms with Gasteiger partial charge in [-0.1, -0.05) is 28.9 Å². The number of rotatable bonds is 7. The predicted molar refractivity (Wildman–Crippen MR) is 146 cm³/mol. The number of anilines is 2. The van der Waals surface area contributed by atoms with Crippen LogP contribution in [-0.4, -0.2) is 28.7 Å². The highest BCUT2D eigenvalue weighted by molar-refractivity contribution is 9.10. The summed E-state index contributed by atoms with van der Waals surface area (Å²) in [5, 5.41) is 2.83. The Morgan fingerprint density at radius 2 is 1.79 bits per heavy atom. The van der Waals surface area contributed by atoms with E-state index in [-0.39, 0.29) is 45.6 Å². The maximum Gasteiger partial charge on any atom is 0.337 e. The van der Waals surface area contributed by atoms with E-state index in [0.717, 1.165) is 13.7 Å². The fourth-order valence-corrected chi connectivity index (χ4v) is 5.76. The molecule has 13 heteroatoms. The van der Waals surface area contributed by atoms with E-state index in [4.69, 9.17) is 0 Å². The average Bonchev–Trinajstić information content (AvgIpc) is 3.69. The molecule has 0 atom stereocenters. The number of hydrogen-bond donors (Lipinski definition) is 2. The second-order valence-corrected chi connectivity index (χ2v) is 11.6. The van der Waals surface area contributed by atoms with Gasteiger partial charge in [-0.05, 0) is 49.2 Å². The van der Waals surface area contributed by atoms with Crippen molar-refractivity contribution in [2.75, 3.05) is 11.9 Å². The van der Waals surface area contributed by atoms with Crippen molar-refractivity contribution in [1.29, 1.82) is 0 Å².